The number of carbonyl (C=O) groups is 2. The predicted molar refractivity (Wildman–Crippen MR) is 130 cm³/mol. The molecule has 2 amide bonds. The lowest BCUT2D eigenvalue weighted by atomic mass is 9.89. The number of nitrogens with zero attached hydrogens (tertiary/aromatic N) is 5. The van der Waals surface area contributed by atoms with Gasteiger partial charge in [-0.1, -0.05) is 12.1 Å². The number of piperidine rings is 1. The summed E-state index contributed by atoms with van der Waals surface area (Å²) in [4.78, 5) is 33.5. The lowest BCUT2D eigenvalue weighted by molar-refractivity contribution is -0.120. The standard InChI is InChI=1S/C26H28N6O2/c1-18-4-5-21(15-27-18)26(34)31-13-10-20(11-14-31)19-6-8-23(9-7-19)29-25(33)22-16-32(17-22)24-3-2-12-28-30-24/h2-9,12,15,20,22H,10-11,13-14,16-17H2,1H3,(H,29,33). The molecule has 0 radical (unpaired) electrons. The fourth-order valence-electron chi connectivity index (χ4n) is 4.57. The molecule has 2 aliphatic heterocycles. The number of anilines is 2. The van der Waals surface area contributed by atoms with Gasteiger partial charge in [0.15, 0.2) is 5.82 Å². The van der Waals surface area contributed by atoms with Crippen LogP contribution in [0.15, 0.2) is 60.9 Å². The Morgan fingerprint density at radius 2 is 1.76 bits per heavy atom. The zero-order chi connectivity index (χ0) is 23.5. The first-order valence-electron chi connectivity index (χ1n) is 11.7. The lowest BCUT2D eigenvalue weighted by Gasteiger charge is -2.38. The van der Waals surface area contributed by atoms with E-state index >= 15 is 0 Å². The molecule has 2 aromatic heterocycles. The highest BCUT2D eigenvalue weighted by molar-refractivity contribution is 5.94. The first-order chi connectivity index (χ1) is 16.6. The number of pyridine rings is 1. The van der Waals surface area contributed by atoms with Crippen molar-refractivity contribution in [3.05, 3.63) is 77.7 Å². The van der Waals surface area contributed by atoms with Gasteiger partial charge in [0.05, 0.1) is 11.5 Å². The van der Waals surface area contributed by atoms with Gasteiger partial charge in [-0.05, 0) is 67.6 Å². The van der Waals surface area contributed by atoms with E-state index < -0.39 is 0 Å². The molecule has 0 bridgehead atoms. The second-order valence-electron chi connectivity index (χ2n) is 9.05. The monoisotopic (exact) mass is 456 g/mol. The van der Waals surface area contributed by atoms with E-state index in [0.717, 1.165) is 43.1 Å². The summed E-state index contributed by atoms with van der Waals surface area (Å²) in [6.07, 6.45) is 5.16. The van der Waals surface area contributed by atoms with Crippen LogP contribution in [0.2, 0.25) is 0 Å². The zero-order valence-corrected chi connectivity index (χ0v) is 19.2. The molecule has 2 fully saturated rings. The van der Waals surface area contributed by atoms with E-state index in [1.54, 1.807) is 12.4 Å². The van der Waals surface area contributed by atoms with Crippen LogP contribution in [0.3, 0.4) is 0 Å². The Labute approximate surface area is 199 Å². The number of rotatable bonds is 5. The Bertz CT molecular complexity index is 1140. The van der Waals surface area contributed by atoms with E-state index in [9.17, 15) is 9.59 Å². The molecule has 1 aromatic carbocycles. The van der Waals surface area contributed by atoms with E-state index in [2.05, 4.69) is 32.6 Å². The summed E-state index contributed by atoms with van der Waals surface area (Å²) in [5, 5.41) is 11.0. The largest absolute Gasteiger partial charge is 0.353 e. The van der Waals surface area contributed by atoms with E-state index in [-0.39, 0.29) is 17.7 Å². The van der Waals surface area contributed by atoms with Gasteiger partial charge in [-0.15, -0.1) is 5.10 Å². The first-order valence-corrected chi connectivity index (χ1v) is 11.7. The number of benzene rings is 1. The molecule has 0 atom stereocenters. The molecule has 4 heterocycles. The molecule has 174 valence electrons. The maximum Gasteiger partial charge on any atom is 0.255 e. The molecule has 0 unspecified atom stereocenters. The summed E-state index contributed by atoms with van der Waals surface area (Å²) < 4.78 is 0. The SMILES string of the molecule is Cc1ccc(C(=O)N2CCC(c3ccc(NC(=O)C4CN(c5cccnn5)C4)cc3)CC2)cn1. The third kappa shape index (κ3) is 4.76. The molecule has 0 aliphatic carbocycles. The minimum atomic E-state index is -0.0488. The number of hydrogen-bond acceptors (Lipinski definition) is 6. The van der Waals surface area contributed by atoms with Crippen molar-refractivity contribution >= 4 is 23.3 Å². The van der Waals surface area contributed by atoms with Gasteiger partial charge in [0.1, 0.15) is 0 Å². The highest BCUT2D eigenvalue weighted by atomic mass is 16.2. The summed E-state index contributed by atoms with van der Waals surface area (Å²) in [5.41, 5.74) is 3.62. The fourth-order valence-corrected chi connectivity index (χ4v) is 4.57. The summed E-state index contributed by atoms with van der Waals surface area (Å²) in [6, 6.07) is 15.6. The second kappa shape index (κ2) is 9.59. The fraction of sp³-hybridized carbons (Fsp3) is 0.346. The van der Waals surface area contributed by atoms with Crippen LogP contribution >= 0.6 is 0 Å². The van der Waals surface area contributed by atoms with Gasteiger partial charge in [-0.2, -0.15) is 5.10 Å². The lowest BCUT2D eigenvalue weighted by Crippen LogP contribution is -2.52. The van der Waals surface area contributed by atoms with Gasteiger partial charge in [0, 0.05) is 50.0 Å². The number of carbonyl (C=O) groups excluding carboxylic acids is 2. The minimum absolute atomic E-state index is 0.0327. The first kappa shape index (κ1) is 22.0. The van der Waals surface area contributed by atoms with E-state index in [1.165, 1.54) is 5.56 Å². The quantitative estimate of drug-likeness (QED) is 0.634. The van der Waals surface area contributed by atoms with Crippen molar-refractivity contribution in [2.45, 2.75) is 25.7 Å². The van der Waals surface area contributed by atoms with E-state index in [0.29, 0.717) is 24.6 Å². The number of hydrogen-bond donors (Lipinski definition) is 1. The normalized spacial score (nSPS) is 16.7. The van der Waals surface area contributed by atoms with Crippen LogP contribution in [0.25, 0.3) is 0 Å². The zero-order valence-electron chi connectivity index (χ0n) is 19.2. The second-order valence-corrected chi connectivity index (χ2v) is 9.05. The number of likely N-dealkylation sites (tertiary alicyclic amines) is 1. The van der Waals surface area contributed by atoms with Crippen LogP contribution in [-0.4, -0.2) is 58.1 Å². The van der Waals surface area contributed by atoms with E-state index in [4.69, 9.17) is 0 Å². The molecule has 8 heteroatoms. The average molecular weight is 457 g/mol. The summed E-state index contributed by atoms with van der Waals surface area (Å²) in [6.45, 7) is 4.69. The molecular formula is C26H28N6O2. The Hall–Kier alpha value is -3.81. The number of amides is 2. The number of aryl methyl sites for hydroxylation is 1. The van der Waals surface area contributed by atoms with Crippen molar-refractivity contribution < 1.29 is 9.59 Å². The van der Waals surface area contributed by atoms with Crippen molar-refractivity contribution in [3.8, 4) is 0 Å². The van der Waals surface area contributed by atoms with Crippen LogP contribution in [0.5, 0.6) is 0 Å². The van der Waals surface area contributed by atoms with Crippen LogP contribution in [-0.2, 0) is 4.79 Å². The van der Waals surface area contributed by atoms with Crippen LogP contribution in [0.4, 0.5) is 11.5 Å². The number of aromatic nitrogens is 3. The van der Waals surface area contributed by atoms with Gasteiger partial charge in [0.25, 0.3) is 5.91 Å². The molecule has 2 aliphatic rings. The molecule has 1 N–H and O–H groups in total. The van der Waals surface area contributed by atoms with Gasteiger partial charge in [-0.25, -0.2) is 0 Å². The number of nitrogens with one attached hydrogen (secondary N) is 1. The molecule has 5 rings (SSSR count). The van der Waals surface area contributed by atoms with Crippen LogP contribution < -0.4 is 10.2 Å². The molecule has 0 saturated carbocycles. The van der Waals surface area contributed by atoms with Crippen molar-refractivity contribution in [1.82, 2.24) is 20.1 Å². The van der Waals surface area contributed by atoms with Crippen molar-refractivity contribution in [3.63, 3.8) is 0 Å². The maximum absolute atomic E-state index is 12.7. The third-order valence-electron chi connectivity index (χ3n) is 6.72. The van der Waals surface area contributed by atoms with Crippen LogP contribution in [0.1, 0.15) is 40.4 Å². The Balaban J connectivity index is 1.10. The van der Waals surface area contributed by atoms with Gasteiger partial charge < -0.3 is 15.1 Å². The van der Waals surface area contributed by atoms with Crippen LogP contribution in [0, 0.1) is 12.8 Å². The molecule has 0 spiro atoms. The topological polar surface area (TPSA) is 91.3 Å². The highest BCUT2D eigenvalue weighted by Crippen LogP contribution is 2.30. The Morgan fingerprint density at radius 1 is 1.00 bits per heavy atom. The summed E-state index contributed by atoms with van der Waals surface area (Å²) in [7, 11) is 0. The molecule has 8 nitrogen and oxygen atoms in total. The molecule has 34 heavy (non-hydrogen) atoms. The Morgan fingerprint density at radius 3 is 2.41 bits per heavy atom. The molecule has 3 aromatic rings. The smallest absolute Gasteiger partial charge is 0.255 e. The highest BCUT2D eigenvalue weighted by Gasteiger charge is 2.33. The summed E-state index contributed by atoms with van der Waals surface area (Å²) in [5.74, 6) is 1.26. The maximum atomic E-state index is 12.7. The predicted octanol–water partition coefficient (Wildman–Crippen LogP) is 3.27. The third-order valence-corrected chi connectivity index (χ3v) is 6.72. The van der Waals surface area contributed by atoms with E-state index in [1.807, 2.05) is 53.1 Å². The molecular weight excluding hydrogens is 428 g/mol. The van der Waals surface area contributed by atoms with Gasteiger partial charge in [-0.3, -0.25) is 14.6 Å². The van der Waals surface area contributed by atoms with Gasteiger partial charge in [0.2, 0.25) is 5.91 Å². The average Bonchev–Trinajstić information content (AvgIpc) is 2.84. The Kier molecular flexibility index (Phi) is 6.20. The molecule has 2 saturated heterocycles. The van der Waals surface area contributed by atoms with Crippen molar-refractivity contribution in [2.75, 3.05) is 36.4 Å². The summed E-state index contributed by atoms with van der Waals surface area (Å²) >= 11 is 0. The van der Waals surface area contributed by atoms with Crippen molar-refractivity contribution in [2.24, 2.45) is 5.92 Å². The van der Waals surface area contributed by atoms with Crippen molar-refractivity contribution in [1.29, 1.82) is 0 Å². The van der Waals surface area contributed by atoms with Gasteiger partial charge >= 0.3 is 0 Å². The minimum Gasteiger partial charge on any atom is -0.353 e.